The molecule has 0 bridgehead atoms. The van der Waals surface area contributed by atoms with Crippen molar-refractivity contribution in [1.29, 1.82) is 0 Å². The number of nitrogens with zero attached hydrogens (tertiary/aromatic N) is 5. The molecule has 7 nitrogen and oxygen atoms in total. The van der Waals surface area contributed by atoms with Gasteiger partial charge in [-0.25, -0.2) is 15.0 Å². The fraction of sp³-hybridized carbons (Fsp3) is 0.286. The molecule has 7 heteroatoms. The van der Waals surface area contributed by atoms with Gasteiger partial charge in [0.1, 0.15) is 11.6 Å². The molecule has 2 aromatic heterocycles. The van der Waals surface area contributed by atoms with Gasteiger partial charge in [-0.2, -0.15) is 0 Å². The van der Waals surface area contributed by atoms with E-state index < -0.39 is 0 Å². The van der Waals surface area contributed by atoms with Gasteiger partial charge >= 0.3 is 0 Å². The molecule has 0 spiro atoms. The summed E-state index contributed by atoms with van der Waals surface area (Å²) in [6.45, 7) is 4.30. The Labute approximate surface area is 165 Å². The molecular formula is C21H24N6O. The molecule has 0 amide bonds. The van der Waals surface area contributed by atoms with Crippen LogP contribution in [-0.2, 0) is 6.54 Å². The highest BCUT2D eigenvalue weighted by atomic mass is 16.5. The van der Waals surface area contributed by atoms with Crippen LogP contribution in [0.3, 0.4) is 0 Å². The highest BCUT2D eigenvalue weighted by molar-refractivity contribution is 5.60. The van der Waals surface area contributed by atoms with Crippen LogP contribution in [0.2, 0.25) is 0 Å². The van der Waals surface area contributed by atoms with Gasteiger partial charge in [0.05, 0.1) is 12.8 Å². The number of pyridine rings is 1. The van der Waals surface area contributed by atoms with Gasteiger partial charge in [0.15, 0.2) is 0 Å². The Morgan fingerprint density at radius 1 is 0.857 bits per heavy atom. The molecular weight excluding hydrogens is 352 g/mol. The molecule has 0 radical (unpaired) electrons. The number of rotatable bonds is 6. The number of ether oxygens (including phenoxy) is 1. The Morgan fingerprint density at radius 2 is 1.57 bits per heavy atom. The zero-order chi connectivity index (χ0) is 19.2. The lowest BCUT2D eigenvalue weighted by molar-refractivity contribution is 0.413. The average Bonchev–Trinajstić information content (AvgIpc) is 2.79. The van der Waals surface area contributed by atoms with Crippen LogP contribution in [-0.4, -0.2) is 48.2 Å². The number of methoxy groups -OCH3 is 1. The molecule has 0 atom stereocenters. The lowest BCUT2D eigenvalue weighted by atomic mass is 10.2. The Kier molecular flexibility index (Phi) is 5.51. The van der Waals surface area contributed by atoms with Crippen molar-refractivity contribution in [3.63, 3.8) is 0 Å². The Hall–Kier alpha value is -3.35. The molecule has 1 aliphatic heterocycles. The number of benzene rings is 1. The molecule has 1 fully saturated rings. The second kappa shape index (κ2) is 8.56. The summed E-state index contributed by atoms with van der Waals surface area (Å²) in [4.78, 5) is 17.8. The molecule has 1 saturated heterocycles. The van der Waals surface area contributed by atoms with Gasteiger partial charge in [-0.15, -0.1) is 0 Å². The predicted molar refractivity (Wildman–Crippen MR) is 111 cm³/mol. The van der Waals surface area contributed by atoms with Gasteiger partial charge < -0.3 is 19.9 Å². The van der Waals surface area contributed by atoms with Gasteiger partial charge in [-0.3, -0.25) is 0 Å². The minimum Gasteiger partial charge on any atom is -0.495 e. The summed E-state index contributed by atoms with van der Waals surface area (Å²) >= 11 is 0. The van der Waals surface area contributed by atoms with Crippen LogP contribution in [0.1, 0.15) is 5.56 Å². The molecule has 1 N–H and O–H groups in total. The van der Waals surface area contributed by atoms with Gasteiger partial charge in [-0.1, -0.05) is 18.2 Å². The van der Waals surface area contributed by atoms with Crippen LogP contribution in [0.25, 0.3) is 0 Å². The van der Waals surface area contributed by atoms with E-state index >= 15 is 0 Å². The molecule has 3 aromatic rings. The summed E-state index contributed by atoms with van der Waals surface area (Å²) < 4.78 is 5.52. The summed E-state index contributed by atoms with van der Waals surface area (Å²) in [5.74, 6) is 2.56. The summed E-state index contributed by atoms with van der Waals surface area (Å²) in [6, 6.07) is 14.1. The molecule has 0 saturated carbocycles. The van der Waals surface area contributed by atoms with Crippen molar-refractivity contribution in [2.24, 2.45) is 0 Å². The van der Waals surface area contributed by atoms with E-state index in [1.165, 1.54) is 0 Å². The number of aromatic nitrogens is 3. The van der Waals surface area contributed by atoms with Gasteiger partial charge in [0.2, 0.25) is 5.95 Å². The fourth-order valence-corrected chi connectivity index (χ4v) is 3.47. The topological polar surface area (TPSA) is 66.4 Å². The average molecular weight is 376 g/mol. The quantitative estimate of drug-likeness (QED) is 0.709. The number of hydrogen-bond donors (Lipinski definition) is 1. The fourth-order valence-electron chi connectivity index (χ4n) is 3.47. The second-order valence-corrected chi connectivity index (χ2v) is 6.56. The third kappa shape index (κ3) is 3.98. The lowest BCUT2D eigenvalue weighted by Gasteiger charge is -2.37. The minimum atomic E-state index is 0.623. The van der Waals surface area contributed by atoms with E-state index in [-0.39, 0.29) is 0 Å². The standard InChI is InChI=1S/C21H24N6O/c1-28-19-8-3-2-7-18(19)26-12-14-27(15-13-26)20-17(6-4-9-22-20)16-25-21-23-10-5-11-24-21/h2-11H,12-16H2,1H3,(H,23,24,25). The van der Waals surface area contributed by atoms with Gasteiger partial charge in [-0.05, 0) is 24.3 Å². The predicted octanol–water partition coefficient (Wildman–Crippen LogP) is 2.82. The van der Waals surface area contributed by atoms with E-state index in [2.05, 4.69) is 48.3 Å². The summed E-state index contributed by atoms with van der Waals surface area (Å²) in [5, 5.41) is 3.27. The summed E-state index contributed by atoms with van der Waals surface area (Å²) in [7, 11) is 1.72. The van der Waals surface area contributed by atoms with Crippen LogP contribution in [0, 0.1) is 0 Å². The number of nitrogens with one attached hydrogen (secondary N) is 1. The summed E-state index contributed by atoms with van der Waals surface area (Å²) in [6.07, 6.45) is 5.32. The largest absolute Gasteiger partial charge is 0.495 e. The number of piperazine rings is 1. The molecule has 0 aliphatic carbocycles. The van der Waals surface area contributed by atoms with Crippen LogP contribution < -0.4 is 19.9 Å². The zero-order valence-electron chi connectivity index (χ0n) is 16.0. The lowest BCUT2D eigenvalue weighted by Crippen LogP contribution is -2.47. The normalized spacial score (nSPS) is 14.0. The van der Waals surface area contributed by atoms with Crippen LogP contribution in [0.5, 0.6) is 5.75 Å². The van der Waals surface area contributed by atoms with E-state index in [4.69, 9.17) is 4.74 Å². The molecule has 144 valence electrons. The van der Waals surface area contributed by atoms with Crippen LogP contribution in [0.15, 0.2) is 61.1 Å². The third-order valence-electron chi connectivity index (χ3n) is 4.88. The van der Waals surface area contributed by atoms with Gasteiger partial charge in [0.25, 0.3) is 0 Å². The molecule has 0 unspecified atom stereocenters. The Morgan fingerprint density at radius 3 is 2.36 bits per heavy atom. The van der Waals surface area contributed by atoms with Crippen molar-refractivity contribution in [3.8, 4) is 5.75 Å². The first-order valence-corrected chi connectivity index (χ1v) is 9.43. The third-order valence-corrected chi connectivity index (χ3v) is 4.88. The highest BCUT2D eigenvalue weighted by Gasteiger charge is 2.22. The summed E-state index contributed by atoms with van der Waals surface area (Å²) in [5.41, 5.74) is 2.29. The Bertz CT molecular complexity index is 896. The maximum Gasteiger partial charge on any atom is 0.222 e. The van der Waals surface area contributed by atoms with Crippen molar-refractivity contribution >= 4 is 17.5 Å². The monoisotopic (exact) mass is 376 g/mol. The van der Waals surface area contributed by atoms with E-state index in [1.807, 2.05) is 30.5 Å². The molecule has 28 heavy (non-hydrogen) atoms. The first-order chi connectivity index (χ1) is 13.8. The molecule has 1 aliphatic rings. The number of para-hydroxylation sites is 2. The maximum atomic E-state index is 5.52. The van der Waals surface area contributed by atoms with Crippen molar-refractivity contribution in [1.82, 2.24) is 15.0 Å². The molecule has 4 rings (SSSR count). The van der Waals surface area contributed by atoms with E-state index in [0.29, 0.717) is 12.5 Å². The molecule has 3 heterocycles. The zero-order valence-corrected chi connectivity index (χ0v) is 16.0. The highest BCUT2D eigenvalue weighted by Crippen LogP contribution is 2.29. The van der Waals surface area contributed by atoms with Gasteiger partial charge in [0, 0.05) is 56.9 Å². The van der Waals surface area contributed by atoms with Crippen LogP contribution >= 0.6 is 0 Å². The van der Waals surface area contributed by atoms with Crippen molar-refractivity contribution in [2.45, 2.75) is 6.54 Å². The number of anilines is 3. The van der Waals surface area contributed by atoms with E-state index in [0.717, 1.165) is 49.0 Å². The first-order valence-electron chi connectivity index (χ1n) is 9.43. The van der Waals surface area contributed by atoms with Crippen molar-refractivity contribution in [2.75, 3.05) is 48.4 Å². The Balaban J connectivity index is 1.43. The van der Waals surface area contributed by atoms with E-state index in [1.54, 1.807) is 19.5 Å². The maximum absolute atomic E-state index is 5.52. The SMILES string of the molecule is COc1ccccc1N1CCN(c2ncccc2CNc2ncccn2)CC1. The smallest absolute Gasteiger partial charge is 0.222 e. The molecule has 1 aromatic carbocycles. The minimum absolute atomic E-state index is 0.623. The number of hydrogen-bond acceptors (Lipinski definition) is 7. The first kappa shape index (κ1) is 18.0. The van der Waals surface area contributed by atoms with E-state index in [9.17, 15) is 0 Å². The second-order valence-electron chi connectivity index (χ2n) is 6.56. The van der Waals surface area contributed by atoms with Crippen molar-refractivity contribution in [3.05, 3.63) is 66.6 Å². The van der Waals surface area contributed by atoms with Crippen LogP contribution in [0.4, 0.5) is 17.5 Å². The van der Waals surface area contributed by atoms with Crippen molar-refractivity contribution < 1.29 is 4.74 Å².